The van der Waals surface area contributed by atoms with Gasteiger partial charge in [0.25, 0.3) is 5.92 Å². The molecule has 6 heteroatoms. The summed E-state index contributed by atoms with van der Waals surface area (Å²) >= 11 is 0. The normalized spacial score (nSPS) is 16.8. The van der Waals surface area contributed by atoms with Crippen molar-refractivity contribution in [2.24, 2.45) is 7.05 Å². The van der Waals surface area contributed by atoms with Crippen LogP contribution in [0.25, 0.3) is 16.5 Å². The van der Waals surface area contributed by atoms with Gasteiger partial charge in [-0.2, -0.15) is 0 Å². The lowest BCUT2D eigenvalue weighted by molar-refractivity contribution is -0.00603. The molecule has 1 aliphatic carbocycles. The molecule has 1 aliphatic rings. The third kappa shape index (κ3) is 3.18. The van der Waals surface area contributed by atoms with E-state index in [1.165, 1.54) is 0 Å². The molecule has 0 saturated carbocycles. The van der Waals surface area contributed by atoms with Crippen LogP contribution < -0.4 is 0 Å². The van der Waals surface area contributed by atoms with Crippen molar-refractivity contribution in [2.45, 2.75) is 38.7 Å². The van der Waals surface area contributed by atoms with Crippen molar-refractivity contribution in [2.75, 3.05) is 6.61 Å². The number of aryl methyl sites for hydroxylation is 1. The summed E-state index contributed by atoms with van der Waals surface area (Å²) in [5.41, 5.74) is 3.36. The molecule has 0 radical (unpaired) electrons. The number of nitrogens with zero attached hydrogens (tertiary/aromatic N) is 1. The summed E-state index contributed by atoms with van der Waals surface area (Å²) in [5.74, 6) is -3.10. The average molecular weight is 349 g/mol. The molecule has 1 heterocycles. The molecule has 0 fully saturated rings. The number of halogens is 2. The number of hydrogen-bond donors (Lipinski definition) is 1. The first-order chi connectivity index (χ1) is 11.9. The van der Waals surface area contributed by atoms with Gasteiger partial charge >= 0.3 is 5.97 Å². The van der Waals surface area contributed by atoms with E-state index in [2.05, 4.69) is 0 Å². The Hall–Kier alpha value is -2.21. The Labute approximate surface area is 144 Å². The zero-order valence-corrected chi connectivity index (χ0v) is 14.3. The third-order valence-electron chi connectivity index (χ3n) is 4.73. The lowest BCUT2D eigenvalue weighted by atomic mass is 9.91. The Bertz CT molecular complexity index is 852. The van der Waals surface area contributed by atoms with E-state index >= 15 is 0 Å². The highest BCUT2D eigenvalue weighted by Gasteiger charge is 2.31. The van der Waals surface area contributed by atoms with Crippen LogP contribution in [0.2, 0.25) is 0 Å². The van der Waals surface area contributed by atoms with Gasteiger partial charge in [-0.15, -0.1) is 0 Å². The highest BCUT2D eigenvalue weighted by atomic mass is 19.3. The van der Waals surface area contributed by atoms with Crippen molar-refractivity contribution in [1.82, 2.24) is 4.57 Å². The molecule has 2 aromatic rings. The van der Waals surface area contributed by atoms with Crippen LogP contribution in [0.1, 0.15) is 47.8 Å². The molecule has 134 valence electrons. The number of aromatic nitrogens is 1. The molecule has 4 nitrogen and oxygen atoms in total. The summed E-state index contributed by atoms with van der Waals surface area (Å²) in [6.07, 6.45) is 1.51. The van der Waals surface area contributed by atoms with Crippen LogP contribution in [-0.4, -0.2) is 28.2 Å². The number of aliphatic hydroxyl groups is 1. The summed E-state index contributed by atoms with van der Waals surface area (Å²) in [6.45, 7) is 1.69. The van der Waals surface area contributed by atoms with Crippen molar-refractivity contribution in [1.29, 1.82) is 0 Å². The highest BCUT2D eigenvalue weighted by Crippen LogP contribution is 2.37. The van der Waals surface area contributed by atoms with E-state index in [0.29, 0.717) is 23.1 Å². The van der Waals surface area contributed by atoms with Crippen molar-refractivity contribution in [3.05, 3.63) is 41.1 Å². The fourth-order valence-electron chi connectivity index (χ4n) is 3.36. The Kier molecular flexibility index (Phi) is 4.64. The maximum absolute atomic E-state index is 13.3. The third-order valence-corrected chi connectivity index (χ3v) is 4.73. The minimum absolute atomic E-state index is 0.153. The Morgan fingerprint density at radius 1 is 1.40 bits per heavy atom. The van der Waals surface area contributed by atoms with E-state index in [-0.39, 0.29) is 26.1 Å². The van der Waals surface area contributed by atoms with Gasteiger partial charge in [-0.3, -0.25) is 0 Å². The summed E-state index contributed by atoms with van der Waals surface area (Å²) in [7, 11) is 1.77. The van der Waals surface area contributed by atoms with Gasteiger partial charge in [0.05, 0.1) is 24.5 Å². The zero-order chi connectivity index (χ0) is 18.2. The van der Waals surface area contributed by atoms with Crippen LogP contribution in [0.4, 0.5) is 8.78 Å². The van der Waals surface area contributed by atoms with Gasteiger partial charge in [-0.1, -0.05) is 18.2 Å². The zero-order valence-electron chi connectivity index (χ0n) is 14.3. The van der Waals surface area contributed by atoms with Crippen LogP contribution in [0, 0.1) is 0 Å². The first-order valence-corrected chi connectivity index (χ1v) is 8.34. The number of allylic oxidation sites excluding steroid dienone is 2. The summed E-state index contributed by atoms with van der Waals surface area (Å²) in [4.78, 5) is 12.3. The molecule has 0 unspecified atom stereocenters. The van der Waals surface area contributed by atoms with Gasteiger partial charge in [0.15, 0.2) is 0 Å². The summed E-state index contributed by atoms with van der Waals surface area (Å²) in [6, 6.07) is 5.51. The van der Waals surface area contributed by atoms with E-state index in [9.17, 15) is 18.7 Å². The van der Waals surface area contributed by atoms with Crippen LogP contribution in [-0.2, 0) is 18.4 Å². The standard InChI is InChI=1S/C19H21F2NO3/c1-3-25-18(24)17-14-5-4-13(10-15(14)22(2)16(17)11-23)12-6-8-19(20,21)9-7-12/h4-6,10,23H,3,7-9,11H2,1-2H3. The van der Waals surface area contributed by atoms with E-state index in [4.69, 9.17) is 4.74 Å². The number of benzene rings is 1. The van der Waals surface area contributed by atoms with E-state index < -0.39 is 11.9 Å². The largest absolute Gasteiger partial charge is 0.462 e. The molecule has 1 aromatic carbocycles. The average Bonchev–Trinajstić information content (AvgIpc) is 2.87. The number of fused-ring (bicyclic) bond motifs is 1. The van der Waals surface area contributed by atoms with Gasteiger partial charge in [0.2, 0.25) is 0 Å². The molecule has 0 atom stereocenters. The minimum Gasteiger partial charge on any atom is -0.462 e. The minimum atomic E-state index is -2.63. The van der Waals surface area contributed by atoms with Crippen molar-refractivity contribution >= 4 is 22.4 Å². The second-order valence-corrected chi connectivity index (χ2v) is 6.28. The molecule has 25 heavy (non-hydrogen) atoms. The Morgan fingerprint density at radius 2 is 2.16 bits per heavy atom. The lowest BCUT2D eigenvalue weighted by Gasteiger charge is -2.21. The highest BCUT2D eigenvalue weighted by molar-refractivity contribution is 6.06. The number of aliphatic hydroxyl groups excluding tert-OH is 1. The Morgan fingerprint density at radius 3 is 2.76 bits per heavy atom. The molecule has 0 spiro atoms. The topological polar surface area (TPSA) is 51.5 Å². The maximum atomic E-state index is 13.3. The molecule has 3 rings (SSSR count). The predicted octanol–water partition coefficient (Wildman–Crippen LogP) is 4.05. The summed E-state index contributed by atoms with van der Waals surface area (Å²) < 4.78 is 33.5. The van der Waals surface area contributed by atoms with Crippen LogP contribution in [0.15, 0.2) is 24.3 Å². The molecule has 0 bridgehead atoms. The lowest BCUT2D eigenvalue weighted by Crippen LogP contribution is -2.18. The van der Waals surface area contributed by atoms with Crippen molar-refractivity contribution < 1.29 is 23.4 Å². The number of esters is 1. The molecular formula is C19H21F2NO3. The quantitative estimate of drug-likeness (QED) is 0.847. The first kappa shape index (κ1) is 17.6. The number of hydrogen-bond acceptors (Lipinski definition) is 3. The predicted molar refractivity (Wildman–Crippen MR) is 91.6 cm³/mol. The Balaban J connectivity index is 2.09. The second-order valence-electron chi connectivity index (χ2n) is 6.28. The SMILES string of the molecule is CCOC(=O)c1c(CO)n(C)c2cc(C3=CCC(F)(F)CC3)ccc12. The van der Waals surface area contributed by atoms with Gasteiger partial charge < -0.3 is 14.4 Å². The number of ether oxygens (including phenoxy) is 1. The monoisotopic (exact) mass is 349 g/mol. The fourth-order valence-corrected chi connectivity index (χ4v) is 3.36. The molecule has 0 amide bonds. The molecular weight excluding hydrogens is 328 g/mol. The van der Waals surface area contributed by atoms with Gasteiger partial charge in [-0.05, 0) is 30.5 Å². The van der Waals surface area contributed by atoms with Crippen LogP contribution in [0.3, 0.4) is 0 Å². The van der Waals surface area contributed by atoms with Gasteiger partial charge in [0, 0.05) is 30.8 Å². The number of rotatable bonds is 4. The van der Waals surface area contributed by atoms with Crippen LogP contribution >= 0.6 is 0 Å². The van der Waals surface area contributed by atoms with E-state index in [1.54, 1.807) is 30.7 Å². The van der Waals surface area contributed by atoms with E-state index in [1.807, 2.05) is 12.1 Å². The summed E-state index contributed by atoms with van der Waals surface area (Å²) in [5, 5.41) is 10.4. The first-order valence-electron chi connectivity index (χ1n) is 8.34. The molecule has 1 aromatic heterocycles. The molecule has 1 N–H and O–H groups in total. The van der Waals surface area contributed by atoms with E-state index in [0.717, 1.165) is 16.7 Å². The number of alkyl halides is 2. The van der Waals surface area contributed by atoms with Gasteiger partial charge in [-0.25, -0.2) is 13.6 Å². The second kappa shape index (κ2) is 6.59. The number of carbonyl (C=O) groups excluding carboxylic acids is 1. The maximum Gasteiger partial charge on any atom is 0.340 e. The van der Waals surface area contributed by atoms with Crippen molar-refractivity contribution in [3.8, 4) is 0 Å². The molecule has 0 saturated heterocycles. The van der Waals surface area contributed by atoms with Crippen LogP contribution in [0.5, 0.6) is 0 Å². The number of carbonyl (C=O) groups is 1. The smallest absolute Gasteiger partial charge is 0.340 e. The van der Waals surface area contributed by atoms with Gasteiger partial charge in [0.1, 0.15) is 0 Å². The van der Waals surface area contributed by atoms with Crippen molar-refractivity contribution in [3.63, 3.8) is 0 Å². The fraction of sp³-hybridized carbons (Fsp3) is 0.421. The molecule has 0 aliphatic heterocycles.